The number of anilines is 3. The minimum atomic E-state index is -0.429. The van der Waals surface area contributed by atoms with Gasteiger partial charge in [-0.1, -0.05) is 43.0 Å². The number of nitrogens with zero attached hydrogens (tertiary/aromatic N) is 2. The molecule has 0 unspecified atom stereocenters. The first-order valence-corrected chi connectivity index (χ1v) is 11.1. The third-order valence-electron chi connectivity index (χ3n) is 5.07. The van der Waals surface area contributed by atoms with E-state index >= 15 is 0 Å². The zero-order chi connectivity index (χ0) is 25.3. The first-order chi connectivity index (χ1) is 17.5. The number of carbonyl (C=O) groups is 2. The highest BCUT2D eigenvalue weighted by Gasteiger charge is 2.18. The highest BCUT2D eigenvalue weighted by molar-refractivity contribution is 6.05. The molecule has 0 saturated heterocycles. The summed E-state index contributed by atoms with van der Waals surface area (Å²) in [5.74, 6) is 0.831. The summed E-state index contributed by atoms with van der Waals surface area (Å²) in [5, 5.41) is 5.92. The predicted molar refractivity (Wildman–Crippen MR) is 138 cm³/mol. The monoisotopic (exact) mass is 480 g/mol. The van der Waals surface area contributed by atoms with Crippen molar-refractivity contribution in [3.63, 3.8) is 0 Å². The van der Waals surface area contributed by atoms with Gasteiger partial charge in [0.2, 0.25) is 11.8 Å². The van der Waals surface area contributed by atoms with Gasteiger partial charge in [0.1, 0.15) is 17.1 Å². The number of nitrogens with one attached hydrogen (secondary N) is 2. The third-order valence-corrected chi connectivity index (χ3v) is 5.07. The van der Waals surface area contributed by atoms with Crippen molar-refractivity contribution in [3.8, 4) is 17.4 Å². The molecule has 3 aromatic carbocycles. The Hall–Kier alpha value is -4.98. The summed E-state index contributed by atoms with van der Waals surface area (Å²) in [4.78, 5) is 33.6. The van der Waals surface area contributed by atoms with Gasteiger partial charge in [-0.3, -0.25) is 9.59 Å². The maximum Gasteiger partial charge on any atom is 0.262 e. The molecule has 180 valence electrons. The number of amides is 1. The molecular weight excluding hydrogens is 456 g/mol. The predicted octanol–water partition coefficient (Wildman–Crippen LogP) is 5.57. The van der Waals surface area contributed by atoms with Gasteiger partial charge < -0.3 is 20.1 Å². The van der Waals surface area contributed by atoms with Crippen LogP contribution in [0.1, 0.15) is 15.9 Å². The Labute approximate surface area is 208 Å². The van der Waals surface area contributed by atoms with Crippen molar-refractivity contribution in [3.05, 3.63) is 109 Å². The number of para-hydroxylation sites is 1. The minimum absolute atomic E-state index is 0.0519. The van der Waals surface area contributed by atoms with Gasteiger partial charge in [0.15, 0.2) is 5.78 Å². The molecule has 0 bridgehead atoms. The largest absolute Gasteiger partial charge is 0.497 e. The van der Waals surface area contributed by atoms with Gasteiger partial charge in [-0.05, 0) is 48.0 Å². The van der Waals surface area contributed by atoms with E-state index in [4.69, 9.17) is 9.47 Å². The third kappa shape index (κ3) is 6.32. The highest BCUT2D eigenvalue weighted by atomic mass is 16.5. The first kappa shape index (κ1) is 24.2. The maximum atomic E-state index is 13.1. The van der Waals surface area contributed by atoms with Crippen LogP contribution >= 0.6 is 0 Å². The molecule has 0 aliphatic carbocycles. The van der Waals surface area contributed by atoms with Crippen LogP contribution in [-0.2, 0) is 11.2 Å². The minimum Gasteiger partial charge on any atom is -0.497 e. The molecule has 0 fully saturated rings. The zero-order valence-electron chi connectivity index (χ0n) is 19.6. The van der Waals surface area contributed by atoms with Crippen molar-refractivity contribution in [1.29, 1.82) is 0 Å². The number of ether oxygens (including phenoxy) is 2. The van der Waals surface area contributed by atoms with Crippen LogP contribution in [0.25, 0.3) is 0 Å². The number of hydrogen-bond donors (Lipinski definition) is 2. The lowest BCUT2D eigenvalue weighted by Gasteiger charge is -2.13. The number of aromatic nitrogens is 2. The average Bonchev–Trinajstić information content (AvgIpc) is 2.89. The van der Waals surface area contributed by atoms with E-state index in [0.29, 0.717) is 22.9 Å². The zero-order valence-corrected chi connectivity index (χ0v) is 19.6. The fraction of sp³-hybridized carbons (Fsp3) is 0.0714. The first-order valence-electron chi connectivity index (χ1n) is 11.1. The quantitative estimate of drug-likeness (QED) is 0.286. The standard InChI is InChI=1S/C28H24N4O4/c1-3-22(33)15-19-9-7-14-24(16-19)36-27-25(26(34)30-20-10-5-4-6-11-20)18-29-28(32-27)31-21-12-8-13-23(17-21)35-2/h3-14,16-18H,1,15H2,2H3,(H,30,34)(H,29,31,32). The summed E-state index contributed by atoms with van der Waals surface area (Å²) in [6.07, 6.45) is 2.86. The van der Waals surface area contributed by atoms with Crippen LogP contribution < -0.4 is 20.1 Å². The molecule has 8 nitrogen and oxygen atoms in total. The van der Waals surface area contributed by atoms with Crippen molar-refractivity contribution >= 4 is 29.0 Å². The van der Waals surface area contributed by atoms with Crippen LogP contribution in [0.2, 0.25) is 0 Å². The summed E-state index contributed by atoms with van der Waals surface area (Å²) in [7, 11) is 1.58. The number of allylic oxidation sites excluding steroid dienone is 1. The van der Waals surface area contributed by atoms with E-state index in [0.717, 1.165) is 5.56 Å². The summed E-state index contributed by atoms with van der Waals surface area (Å²) in [6.45, 7) is 3.51. The molecule has 0 atom stereocenters. The summed E-state index contributed by atoms with van der Waals surface area (Å²) < 4.78 is 11.3. The van der Waals surface area contributed by atoms with E-state index in [1.54, 1.807) is 43.5 Å². The van der Waals surface area contributed by atoms with Crippen LogP contribution in [0.15, 0.2) is 97.7 Å². The fourth-order valence-electron chi connectivity index (χ4n) is 3.31. The summed E-state index contributed by atoms with van der Waals surface area (Å²) in [5.41, 5.74) is 2.21. The molecule has 0 spiro atoms. The van der Waals surface area contributed by atoms with Crippen molar-refractivity contribution in [1.82, 2.24) is 9.97 Å². The summed E-state index contributed by atoms with van der Waals surface area (Å²) >= 11 is 0. The van der Waals surface area contributed by atoms with Gasteiger partial charge >= 0.3 is 0 Å². The molecule has 1 heterocycles. The smallest absolute Gasteiger partial charge is 0.262 e. The van der Waals surface area contributed by atoms with E-state index in [1.807, 2.05) is 42.5 Å². The van der Waals surface area contributed by atoms with E-state index in [1.165, 1.54) is 12.3 Å². The van der Waals surface area contributed by atoms with E-state index in [2.05, 4.69) is 27.2 Å². The second-order valence-electron chi connectivity index (χ2n) is 7.69. The lowest BCUT2D eigenvalue weighted by atomic mass is 10.1. The number of methoxy groups -OCH3 is 1. The Morgan fingerprint density at radius 2 is 1.69 bits per heavy atom. The van der Waals surface area contributed by atoms with Gasteiger partial charge in [-0.25, -0.2) is 4.98 Å². The normalized spacial score (nSPS) is 10.2. The van der Waals surface area contributed by atoms with Crippen molar-refractivity contribution < 1.29 is 19.1 Å². The van der Waals surface area contributed by atoms with Gasteiger partial charge in [-0.15, -0.1) is 0 Å². The Balaban J connectivity index is 1.65. The van der Waals surface area contributed by atoms with Crippen LogP contribution in [0.5, 0.6) is 17.4 Å². The van der Waals surface area contributed by atoms with Crippen molar-refractivity contribution in [2.45, 2.75) is 6.42 Å². The number of ketones is 1. The molecule has 2 N–H and O–H groups in total. The molecule has 4 aromatic rings. The Kier molecular flexibility index (Phi) is 7.67. The second kappa shape index (κ2) is 11.4. The number of hydrogen-bond acceptors (Lipinski definition) is 7. The maximum absolute atomic E-state index is 13.1. The van der Waals surface area contributed by atoms with Crippen LogP contribution in [0, 0.1) is 0 Å². The average molecular weight is 481 g/mol. The number of carbonyl (C=O) groups excluding carboxylic acids is 2. The molecular formula is C28H24N4O4. The molecule has 1 amide bonds. The number of benzene rings is 3. The highest BCUT2D eigenvalue weighted by Crippen LogP contribution is 2.27. The van der Waals surface area contributed by atoms with Crippen molar-refractivity contribution in [2.75, 3.05) is 17.7 Å². The molecule has 0 saturated carbocycles. The molecule has 4 rings (SSSR count). The fourth-order valence-corrected chi connectivity index (χ4v) is 3.31. The van der Waals surface area contributed by atoms with E-state index < -0.39 is 5.91 Å². The Morgan fingerprint density at radius 1 is 0.944 bits per heavy atom. The van der Waals surface area contributed by atoms with E-state index in [9.17, 15) is 9.59 Å². The molecule has 36 heavy (non-hydrogen) atoms. The molecule has 0 aliphatic rings. The van der Waals surface area contributed by atoms with Crippen LogP contribution in [0.4, 0.5) is 17.3 Å². The number of rotatable bonds is 10. The molecule has 0 radical (unpaired) electrons. The van der Waals surface area contributed by atoms with E-state index in [-0.39, 0.29) is 29.6 Å². The second-order valence-corrected chi connectivity index (χ2v) is 7.69. The molecule has 0 aliphatic heterocycles. The van der Waals surface area contributed by atoms with Gasteiger partial charge in [0, 0.05) is 30.1 Å². The van der Waals surface area contributed by atoms with Gasteiger partial charge in [0.05, 0.1) is 7.11 Å². The lowest BCUT2D eigenvalue weighted by Crippen LogP contribution is -2.15. The molecule has 1 aromatic heterocycles. The summed E-state index contributed by atoms with van der Waals surface area (Å²) in [6, 6.07) is 23.3. The van der Waals surface area contributed by atoms with Gasteiger partial charge in [0.25, 0.3) is 5.91 Å². The molecule has 8 heteroatoms. The Bertz CT molecular complexity index is 1390. The van der Waals surface area contributed by atoms with Gasteiger partial charge in [-0.2, -0.15) is 4.98 Å². The van der Waals surface area contributed by atoms with Crippen LogP contribution in [0.3, 0.4) is 0 Å². The van der Waals surface area contributed by atoms with Crippen molar-refractivity contribution in [2.24, 2.45) is 0 Å². The SMILES string of the molecule is C=CC(=O)Cc1cccc(Oc2nc(Nc3cccc(OC)c3)ncc2C(=O)Nc2ccccc2)c1. The Morgan fingerprint density at radius 3 is 2.47 bits per heavy atom. The topological polar surface area (TPSA) is 102 Å². The van der Waals surface area contributed by atoms with Crippen LogP contribution in [-0.4, -0.2) is 28.8 Å². The lowest BCUT2D eigenvalue weighted by molar-refractivity contribution is -0.114.